The second kappa shape index (κ2) is 6.26. The van der Waals surface area contributed by atoms with Gasteiger partial charge in [0.2, 0.25) is 4.96 Å². The Morgan fingerprint density at radius 2 is 1.96 bits per heavy atom. The first kappa shape index (κ1) is 16.1. The van der Waals surface area contributed by atoms with Crippen molar-refractivity contribution < 1.29 is 8.81 Å². The van der Waals surface area contributed by atoms with Crippen LogP contribution in [0, 0.1) is 5.82 Å². The lowest BCUT2D eigenvalue weighted by molar-refractivity contribution is 0.571. The number of rotatable bonds is 3. The van der Waals surface area contributed by atoms with E-state index in [1.807, 2.05) is 17.5 Å². The average Bonchev–Trinajstić information content (AvgIpc) is 3.43. The van der Waals surface area contributed by atoms with Gasteiger partial charge in [0.25, 0.3) is 5.56 Å². The van der Waals surface area contributed by atoms with Gasteiger partial charge in [-0.1, -0.05) is 17.4 Å². The molecule has 0 aliphatic carbocycles. The lowest BCUT2D eigenvalue weighted by Crippen LogP contribution is -2.23. The van der Waals surface area contributed by atoms with E-state index in [1.165, 1.54) is 39.3 Å². The van der Waals surface area contributed by atoms with Gasteiger partial charge in [0.15, 0.2) is 5.82 Å². The molecule has 0 fully saturated rings. The molecule has 5 rings (SSSR count). The standard InChI is InChI=1S/C19H10FN3O2S2/c20-12-5-3-11(4-6-12)14-8-7-13(25-14)10-16-18(24)23-19(27-16)21-17(22-23)15-2-1-9-26-15/h1-10H. The summed E-state index contributed by atoms with van der Waals surface area (Å²) in [5, 5.41) is 6.25. The Bertz CT molecular complexity index is 1350. The molecule has 5 aromatic rings. The van der Waals surface area contributed by atoms with Gasteiger partial charge in [-0.05, 0) is 47.8 Å². The van der Waals surface area contributed by atoms with E-state index in [2.05, 4.69) is 10.1 Å². The molecule has 0 amide bonds. The van der Waals surface area contributed by atoms with Crippen LogP contribution < -0.4 is 10.1 Å². The summed E-state index contributed by atoms with van der Waals surface area (Å²) >= 11 is 2.79. The molecule has 0 aliphatic rings. The van der Waals surface area contributed by atoms with Crippen LogP contribution in [0.2, 0.25) is 0 Å². The maximum atomic E-state index is 13.0. The van der Waals surface area contributed by atoms with E-state index in [0.717, 1.165) is 10.4 Å². The van der Waals surface area contributed by atoms with Crippen LogP contribution in [-0.4, -0.2) is 14.6 Å². The van der Waals surface area contributed by atoms with E-state index in [-0.39, 0.29) is 11.4 Å². The zero-order valence-corrected chi connectivity index (χ0v) is 15.3. The molecule has 132 valence electrons. The summed E-state index contributed by atoms with van der Waals surface area (Å²) in [6.07, 6.45) is 1.67. The van der Waals surface area contributed by atoms with Crippen molar-refractivity contribution in [1.29, 1.82) is 0 Å². The number of fused-ring (bicyclic) bond motifs is 1. The number of nitrogens with zero attached hydrogens (tertiary/aromatic N) is 3. The molecule has 0 aliphatic heterocycles. The van der Waals surface area contributed by atoms with Gasteiger partial charge < -0.3 is 4.42 Å². The molecule has 8 heteroatoms. The van der Waals surface area contributed by atoms with Crippen molar-refractivity contribution in [1.82, 2.24) is 14.6 Å². The first-order valence-electron chi connectivity index (χ1n) is 7.98. The van der Waals surface area contributed by atoms with Gasteiger partial charge in [-0.2, -0.15) is 9.50 Å². The highest BCUT2D eigenvalue weighted by atomic mass is 32.1. The highest BCUT2D eigenvalue weighted by molar-refractivity contribution is 7.15. The van der Waals surface area contributed by atoms with E-state index >= 15 is 0 Å². The van der Waals surface area contributed by atoms with Crippen LogP contribution >= 0.6 is 22.7 Å². The maximum absolute atomic E-state index is 13.0. The Balaban J connectivity index is 1.53. The molecule has 4 heterocycles. The molecular weight excluding hydrogens is 385 g/mol. The molecule has 0 spiro atoms. The van der Waals surface area contributed by atoms with Crippen molar-refractivity contribution in [3.63, 3.8) is 0 Å². The molecule has 0 saturated carbocycles. The van der Waals surface area contributed by atoms with E-state index < -0.39 is 0 Å². The molecule has 4 aromatic heterocycles. The zero-order valence-electron chi connectivity index (χ0n) is 13.6. The monoisotopic (exact) mass is 395 g/mol. The molecule has 1 aromatic carbocycles. The summed E-state index contributed by atoms with van der Waals surface area (Å²) in [6, 6.07) is 13.4. The Morgan fingerprint density at radius 1 is 1.11 bits per heavy atom. The van der Waals surface area contributed by atoms with Gasteiger partial charge in [0.1, 0.15) is 21.9 Å². The van der Waals surface area contributed by atoms with Crippen LogP contribution in [0.4, 0.5) is 4.39 Å². The van der Waals surface area contributed by atoms with Crippen molar-refractivity contribution in [2.24, 2.45) is 0 Å². The van der Waals surface area contributed by atoms with E-state index in [1.54, 1.807) is 30.3 Å². The van der Waals surface area contributed by atoms with Gasteiger partial charge in [-0.15, -0.1) is 16.4 Å². The van der Waals surface area contributed by atoms with E-state index in [4.69, 9.17) is 4.42 Å². The second-order valence-electron chi connectivity index (χ2n) is 5.73. The quantitative estimate of drug-likeness (QED) is 0.466. The minimum Gasteiger partial charge on any atom is -0.457 e. The lowest BCUT2D eigenvalue weighted by atomic mass is 10.2. The Labute approximate surface area is 159 Å². The van der Waals surface area contributed by atoms with Gasteiger partial charge in [-0.3, -0.25) is 4.79 Å². The number of halogens is 1. The summed E-state index contributed by atoms with van der Waals surface area (Å²) in [5.41, 5.74) is 0.534. The third kappa shape index (κ3) is 2.88. The number of furan rings is 1. The number of hydrogen-bond acceptors (Lipinski definition) is 6. The van der Waals surface area contributed by atoms with Crippen LogP contribution in [0.3, 0.4) is 0 Å². The van der Waals surface area contributed by atoms with Crippen LogP contribution in [0.25, 0.3) is 33.1 Å². The molecule has 0 saturated heterocycles. The third-order valence-corrected chi connectivity index (χ3v) is 5.78. The summed E-state index contributed by atoms with van der Waals surface area (Å²) in [5.74, 6) is 1.39. The fourth-order valence-corrected chi connectivity index (χ4v) is 4.21. The SMILES string of the molecule is O=c1c(=Cc2ccc(-c3ccc(F)cc3)o2)sc2nc(-c3cccs3)nn12. The number of hydrogen-bond donors (Lipinski definition) is 0. The van der Waals surface area contributed by atoms with Crippen molar-refractivity contribution >= 4 is 33.7 Å². The van der Waals surface area contributed by atoms with Crippen molar-refractivity contribution in [3.05, 3.63) is 80.4 Å². The highest BCUT2D eigenvalue weighted by Crippen LogP contribution is 2.23. The third-order valence-electron chi connectivity index (χ3n) is 3.95. The number of aromatic nitrogens is 3. The minimum absolute atomic E-state index is 0.231. The van der Waals surface area contributed by atoms with Crippen LogP contribution in [-0.2, 0) is 0 Å². The van der Waals surface area contributed by atoms with Crippen LogP contribution in [0.5, 0.6) is 0 Å². The predicted octanol–water partition coefficient (Wildman–Crippen LogP) is 3.83. The van der Waals surface area contributed by atoms with E-state index in [0.29, 0.717) is 26.8 Å². The summed E-state index contributed by atoms with van der Waals surface area (Å²) in [7, 11) is 0. The van der Waals surface area contributed by atoms with E-state index in [9.17, 15) is 9.18 Å². The van der Waals surface area contributed by atoms with Gasteiger partial charge in [0.05, 0.1) is 4.88 Å². The second-order valence-corrected chi connectivity index (χ2v) is 7.69. The molecular formula is C19H10FN3O2S2. The van der Waals surface area contributed by atoms with Gasteiger partial charge in [0, 0.05) is 11.6 Å². The fraction of sp³-hybridized carbons (Fsp3) is 0. The largest absolute Gasteiger partial charge is 0.457 e. The number of thiophene rings is 1. The van der Waals surface area contributed by atoms with Crippen LogP contribution in [0.15, 0.2) is 63.1 Å². The molecule has 0 radical (unpaired) electrons. The molecule has 0 atom stereocenters. The predicted molar refractivity (Wildman–Crippen MR) is 103 cm³/mol. The normalized spacial score (nSPS) is 12.3. The average molecular weight is 395 g/mol. The maximum Gasteiger partial charge on any atom is 0.291 e. The molecule has 5 nitrogen and oxygen atoms in total. The first-order chi connectivity index (χ1) is 13.2. The molecule has 27 heavy (non-hydrogen) atoms. The highest BCUT2D eigenvalue weighted by Gasteiger charge is 2.13. The topological polar surface area (TPSA) is 60.4 Å². The van der Waals surface area contributed by atoms with Crippen LogP contribution in [0.1, 0.15) is 5.76 Å². The molecule has 0 unspecified atom stereocenters. The zero-order chi connectivity index (χ0) is 18.4. The van der Waals surface area contributed by atoms with Gasteiger partial charge in [-0.25, -0.2) is 4.39 Å². The minimum atomic E-state index is -0.301. The lowest BCUT2D eigenvalue weighted by Gasteiger charge is -1.95. The first-order valence-corrected chi connectivity index (χ1v) is 9.68. The van der Waals surface area contributed by atoms with Crippen molar-refractivity contribution in [2.75, 3.05) is 0 Å². The summed E-state index contributed by atoms with van der Waals surface area (Å²) < 4.78 is 20.6. The molecule has 0 N–H and O–H groups in total. The van der Waals surface area contributed by atoms with Gasteiger partial charge >= 0.3 is 0 Å². The Morgan fingerprint density at radius 3 is 2.70 bits per heavy atom. The number of thiazole rings is 1. The molecule has 0 bridgehead atoms. The van der Waals surface area contributed by atoms with Crippen molar-refractivity contribution in [3.8, 4) is 22.0 Å². The Hall–Kier alpha value is -3.10. The fourth-order valence-electron chi connectivity index (χ4n) is 2.67. The smallest absolute Gasteiger partial charge is 0.291 e. The number of benzene rings is 1. The summed E-state index contributed by atoms with van der Waals surface area (Å²) in [6.45, 7) is 0. The van der Waals surface area contributed by atoms with Crippen molar-refractivity contribution in [2.45, 2.75) is 0 Å². The summed E-state index contributed by atoms with van der Waals surface area (Å²) in [4.78, 5) is 18.5. The Kier molecular flexibility index (Phi) is 3.73.